The van der Waals surface area contributed by atoms with Crippen molar-refractivity contribution in [2.45, 2.75) is 6.54 Å². The highest BCUT2D eigenvalue weighted by atomic mass is 35.5. The number of nitrogens with zero attached hydrogens (tertiary/aromatic N) is 3. The summed E-state index contributed by atoms with van der Waals surface area (Å²) in [6, 6.07) is 8.96. The molecule has 0 unspecified atom stereocenters. The summed E-state index contributed by atoms with van der Waals surface area (Å²) in [7, 11) is 0. The highest BCUT2D eigenvalue weighted by Gasteiger charge is 2.03. The predicted molar refractivity (Wildman–Crippen MR) is 66.9 cm³/mol. The van der Waals surface area contributed by atoms with E-state index < -0.39 is 0 Å². The van der Waals surface area contributed by atoms with Crippen LogP contribution in [0.4, 0.5) is 0 Å². The second-order valence-electron chi connectivity index (χ2n) is 3.76. The molecule has 17 heavy (non-hydrogen) atoms. The quantitative estimate of drug-likeness (QED) is 0.692. The van der Waals surface area contributed by atoms with E-state index in [2.05, 4.69) is 20.6 Å². The maximum absolute atomic E-state index is 6.00. The summed E-state index contributed by atoms with van der Waals surface area (Å²) in [5, 5.41) is 1.78. The van der Waals surface area contributed by atoms with Crippen LogP contribution in [0.15, 0.2) is 43.0 Å². The zero-order valence-electron chi connectivity index (χ0n) is 8.97. The van der Waals surface area contributed by atoms with Gasteiger partial charge in [-0.05, 0) is 12.1 Å². The van der Waals surface area contributed by atoms with E-state index in [1.165, 1.54) is 0 Å². The second kappa shape index (κ2) is 4.18. The molecule has 2 heterocycles. The van der Waals surface area contributed by atoms with Crippen molar-refractivity contribution in [1.29, 1.82) is 0 Å². The SMILES string of the molecule is Clc1ccc2[c]cn(Cc3cnccn3)c2c1. The lowest BCUT2D eigenvalue weighted by atomic mass is 10.2. The summed E-state index contributed by atoms with van der Waals surface area (Å²) in [4.78, 5) is 8.30. The Hall–Kier alpha value is -1.87. The van der Waals surface area contributed by atoms with E-state index in [0.29, 0.717) is 6.54 Å². The minimum Gasteiger partial charge on any atom is -0.341 e. The van der Waals surface area contributed by atoms with E-state index in [9.17, 15) is 0 Å². The normalized spacial score (nSPS) is 10.9. The maximum atomic E-state index is 6.00. The first-order chi connectivity index (χ1) is 8.33. The van der Waals surface area contributed by atoms with Crippen molar-refractivity contribution in [3.63, 3.8) is 0 Å². The van der Waals surface area contributed by atoms with Crippen LogP contribution in [0.1, 0.15) is 5.69 Å². The molecule has 0 N–H and O–H groups in total. The van der Waals surface area contributed by atoms with Crippen LogP contribution in [0.25, 0.3) is 10.9 Å². The second-order valence-corrected chi connectivity index (χ2v) is 4.20. The van der Waals surface area contributed by atoms with Crippen molar-refractivity contribution < 1.29 is 0 Å². The summed E-state index contributed by atoms with van der Waals surface area (Å²) in [6.07, 6.45) is 7.03. The van der Waals surface area contributed by atoms with Crippen molar-refractivity contribution in [2.75, 3.05) is 0 Å². The van der Waals surface area contributed by atoms with Gasteiger partial charge in [-0.25, -0.2) is 0 Å². The van der Waals surface area contributed by atoms with E-state index in [1.807, 2.05) is 24.4 Å². The van der Waals surface area contributed by atoms with Gasteiger partial charge in [0.25, 0.3) is 0 Å². The Morgan fingerprint density at radius 2 is 2.24 bits per heavy atom. The van der Waals surface area contributed by atoms with Crippen LogP contribution in [-0.4, -0.2) is 14.5 Å². The van der Waals surface area contributed by atoms with Crippen LogP contribution in [0, 0.1) is 6.07 Å². The lowest BCUT2D eigenvalue weighted by molar-refractivity contribution is 0.799. The Morgan fingerprint density at radius 1 is 1.29 bits per heavy atom. The summed E-state index contributed by atoms with van der Waals surface area (Å²) in [5.74, 6) is 0. The first kappa shape index (κ1) is 10.3. The average molecular weight is 243 g/mol. The third kappa shape index (κ3) is 2.01. The first-order valence-corrected chi connectivity index (χ1v) is 5.62. The Morgan fingerprint density at radius 3 is 3.06 bits per heavy atom. The molecule has 0 aliphatic rings. The van der Waals surface area contributed by atoms with Crippen molar-refractivity contribution in [3.8, 4) is 0 Å². The van der Waals surface area contributed by atoms with E-state index in [-0.39, 0.29) is 0 Å². The van der Waals surface area contributed by atoms with E-state index >= 15 is 0 Å². The molecule has 0 atom stereocenters. The lowest BCUT2D eigenvalue weighted by Gasteiger charge is -2.04. The van der Waals surface area contributed by atoms with Crippen LogP contribution < -0.4 is 0 Å². The number of fused-ring (bicyclic) bond motifs is 1. The summed E-state index contributed by atoms with van der Waals surface area (Å²) in [6.45, 7) is 0.675. The van der Waals surface area contributed by atoms with Gasteiger partial charge in [-0.2, -0.15) is 0 Å². The molecule has 83 valence electrons. The average Bonchev–Trinajstić information content (AvgIpc) is 2.73. The zero-order chi connectivity index (χ0) is 11.7. The van der Waals surface area contributed by atoms with Gasteiger partial charge in [0.1, 0.15) is 0 Å². The largest absolute Gasteiger partial charge is 0.341 e. The molecule has 0 aliphatic carbocycles. The molecule has 3 rings (SSSR count). The molecule has 4 heteroatoms. The Bertz CT molecular complexity index is 646. The van der Waals surface area contributed by atoms with E-state index in [0.717, 1.165) is 21.6 Å². The fourth-order valence-corrected chi connectivity index (χ4v) is 1.96. The van der Waals surface area contributed by atoms with Gasteiger partial charge in [0.2, 0.25) is 0 Å². The fraction of sp³-hybridized carbons (Fsp3) is 0.0769. The van der Waals surface area contributed by atoms with Gasteiger partial charge >= 0.3 is 0 Å². The summed E-state index contributed by atoms with van der Waals surface area (Å²) < 4.78 is 2.06. The molecule has 3 aromatic rings. The van der Waals surface area contributed by atoms with Crippen LogP contribution >= 0.6 is 11.6 Å². The summed E-state index contributed by atoms with van der Waals surface area (Å²) >= 11 is 6.00. The molecular weight excluding hydrogens is 234 g/mol. The number of hydrogen-bond donors (Lipinski definition) is 0. The van der Waals surface area contributed by atoms with E-state index in [1.54, 1.807) is 18.6 Å². The standard InChI is InChI=1S/C13H9ClN3/c14-11-2-1-10-3-6-17(13(10)7-11)9-12-8-15-4-5-16-12/h1-2,4-8H,9H2. The van der Waals surface area contributed by atoms with Gasteiger partial charge in [-0.1, -0.05) is 17.7 Å². The van der Waals surface area contributed by atoms with Crippen LogP contribution in [0.2, 0.25) is 5.02 Å². The molecule has 0 amide bonds. The van der Waals surface area contributed by atoms with Crippen molar-refractivity contribution in [1.82, 2.24) is 14.5 Å². The lowest BCUT2D eigenvalue weighted by Crippen LogP contribution is -2.00. The predicted octanol–water partition coefficient (Wildman–Crippen LogP) is 2.93. The molecule has 1 radical (unpaired) electrons. The molecule has 0 fully saturated rings. The monoisotopic (exact) mass is 242 g/mol. The molecule has 3 nitrogen and oxygen atoms in total. The molecule has 0 aliphatic heterocycles. The molecule has 1 aromatic carbocycles. The number of rotatable bonds is 2. The Kier molecular flexibility index (Phi) is 2.53. The van der Waals surface area contributed by atoms with Gasteiger partial charge < -0.3 is 4.57 Å². The molecule has 2 aromatic heterocycles. The van der Waals surface area contributed by atoms with Gasteiger partial charge in [0.05, 0.1) is 24.0 Å². The van der Waals surface area contributed by atoms with Gasteiger partial charge in [-0.3, -0.25) is 9.97 Å². The highest BCUT2D eigenvalue weighted by Crippen LogP contribution is 2.20. The number of aromatic nitrogens is 3. The molecular formula is C13H9ClN3. The van der Waals surface area contributed by atoms with Crippen molar-refractivity contribution in [3.05, 3.63) is 59.8 Å². The van der Waals surface area contributed by atoms with Crippen molar-refractivity contribution >= 4 is 22.5 Å². The fourth-order valence-electron chi connectivity index (χ4n) is 1.80. The number of benzene rings is 1. The van der Waals surface area contributed by atoms with Crippen molar-refractivity contribution in [2.24, 2.45) is 0 Å². The highest BCUT2D eigenvalue weighted by molar-refractivity contribution is 6.31. The van der Waals surface area contributed by atoms with Crippen LogP contribution in [-0.2, 0) is 6.54 Å². The van der Waals surface area contributed by atoms with Crippen LogP contribution in [0.3, 0.4) is 0 Å². The summed E-state index contributed by atoms with van der Waals surface area (Å²) in [5.41, 5.74) is 1.97. The van der Waals surface area contributed by atoms with Crippen LogP contribution in [0.5, 0.6) is 0 Å². The topological polar surface area (TPSA) is 30.7 Å². The molecule has 0 saturated carbocycles. The smallest absolute Gasteiger partial charge is 0.0783 e. The molecule has 0 saturated heterocycles. The number of hydrogen-bond acceptors (Lipinski definition) is 2. The third-order valence-electron chi connectivity index (χ3n) is 2.59. The Labute approximate surface area is 104 Å². The maximum Gasteiger partial charge on any atom is 0.0783 e. The van der Waals surface area contributed by atoms with Gasteiger partial charge in [0, 0.05) is 35.1 Å². The first-order valence-electron chi connectivity index (χ1n) is 5.24. The molecule has 0 bridgehead atoms. The third-order valence-corrected chi connectivity index (χ3v) is 2.83. The van der Waals surface area contributed by atoms with Gasteiger partial charge in [0.15, 0.2) is 0 Å². The minimum atomic E-state index is 0.675. The Balaban J connectivity index is 2.03. The molecule has 0 spiro atoms. The number of halogens is 1. The minimum absolute atomic E-state index is 0.675. The van der Waals surface area contributed by atoms with E-state index in [4.69, 9.17) is 11.6 Å². The van der Waals surface area contributed by atoms with Gasteiger partial charge in [-0.15, -0.1) is 0 Å². The zero-order valence-corrected chi connectivity index (χ0v) is 9.72.